The predicted octanol–water partition coefficient (Wildman–Crippen LogP) is 3.69. The monoisotopic (exact) mass is 494 g/mol. The second-order valence-electron chi connectivity index (χ2n) is 9.31. The van der Waals surface area contributed by atoms with Crippen LogP contribution in [-0.4, -0.2) is 52.4 Å². The van der Waals surface area contributed by atoms with E-state index in [2.05, 4.69) is 4.90 Å². The molecule has 0 saturated carbocycles. The maximum atomic E-state index is 13.6. The van der Waals surface area contributed by atoms with Gasteiger partial charge in [0.15, 0.2) is 12.4 Å². The number of ketones is 1. The molecule has 5 rings (SSSR count). The molecule has 2 aliphatic heterocycles. The SMILES string of the molecule is CCCN1C(=O)COc2ccc(C(=O)Cn3c(CN4CCCC4)nc4sc(C)c(C)c4c3=O)cc21. The molecule has 8 nitrogen and oxygen atoms in total. The molecule has 1 amide bonds. The number of hydrogen-bond donors (Lipinski definition) is 0. The minimum atomic E-state index is -0.196. The topological polar surface area (TPSA) is 84.7 Å². The van der Waals surface area contributed by atoms with Gasteiger partial charge in [0.25, 0.3) is 11.5 Å². The van der Waals surface area contributed by atoms with E-state index in [1.54, 1.807) is 27.7 Å². The van der Waals surface area contributed by atoms with Gasteiger partial charge in [-0.05, 0) is 70.0 Å². The molecule has 3 aromatic rings. The summed E-state index contributed by atoms with van der Waals surface area (Å²) in [6, 6.07) is 5.15. The van der Waals surface area contributed by atoms with E-state index < -0.39 is 0 Å². The average Bonchev–Trinajstić information content (AvgIpc) is 3.45. The Morgan fingerprint density at radius 1 is 1.17 bits per heavy atom. The summed E-state index contributed by atoms with van der Waals surface area (Å²) in [5, 5.41) is 0.601. The van der Waals surface area contributed by atoms with Crippen molar-refractivity contribution in [3.63, 3.8) is 0 Å². The van der Waals surface area contributed by atoms with Gasteiger partial charge in [0.2, 0.25) is 0 Å². The van der Waals surface area contributed by atoms with Gasteiger partial charge in [-0.2, -0.15) is 0 Å². The molecule has 9 heteroatoms. The van der Waals surface area contributed by atoms with Crippen LogP contribution in [-0.2, 0) is 17.9 Å². The Morgan fingerprint density at radius 3 is 2.69 bits per heavy atom. The molecule has 0 aliphatic carbocycles. The van der Waals surface area contributed by atoms with Crippen molar-refractivity contribution in [2.75, 3.05) is 31.1 Å². The number of anilines is 1. The number of benzene rings is 1. The van der Waals surface area contributed by atoms with Gasteiger partial charge in [-0.25, -0.2) is 4.98 Å². The second kappa shape index (κ2) is 9.54. The highest BCUT2D eigenvalue weighted by Gasteiger charge is 2.27. The quantitative estimate of drug-likeness (QED) is 0.466. The first-order valence-corrected chi connectivity index (χ1v) is 13.0. The zero-order valence-corrected chi connectivity index (χ0v) is 21.2. The molecular formula is C26H30N4O4S. The number of carbonyl (C=O) groups is 2. The van der Waals surface area contributed by atoms with Crippen molar-refractivity contribution in [1.82, 2.24) is 14.5 Å². The maximum Gasteiger partial charge on any atom is 0.265 e. The minimum absolute atomic E-state index is 0.000634. The van der Waals surface area contributed by atoms with E-state index in [1.165, 1.54) is 11.3 Å². The molecule has 1 fully saturated rings. The zero-order valence-electron chi connectivity index (χ0n) is 20.4. The smallest absolute Gasteiger partial charge is 0.265 e. The van der Waals surface area contributed by atoms with Crippen molar-refractivity contribution >= 4 is 38.9 Å². The van der Waals surface area contributed by atoms with E-state index in [0.29, 0.717) is 41.3 Å². The number of fused-ring (bicyclic) bond motifs is 2. The van der Waals surface area contributed by atoms with Crippen molar-refractivity contribution < 1.29 is 14.3 Å². The largest absolute Gasteiger partial charge is 0.482 e. The molecule has 4 heterocycles. The third kappa shape index (κ3) is 4.38. The first-order valence-electron chi connectivity index (χ1n) is 12.2. The van der Waals surface area contributed by atoms with E-state index in [4.69, 9.17) is 9.72 Å². The standard InChI is InChI=1S/C26H30N4O4S/c1-4-9-29-19-12-18(7-8-21(19)34-15-23(29)32)20(31)13-30-22(14-28-10-5-6-11-28)27-25-24(26(30)33)16(2)17(3)35-25/h7-8,12H,4-6,9-11,13-15H2,1-3H3. The lowest BCUT2D eigenvalue weighted by molar-refractivity contribution is -0.121. The van der Waals surface area contributed by atoms with Crippen molar-refractivity contribution in [2.45, 2.75) is 53.1 Å². The molecule has 0 spiro atoms. The number of likely N-dealkylation sites (tertiary alicyclic amines) is 1. The van der Waals surface area contributed by atoms with E-state index in [-0.39, 0.29) is 30.4 Å². The number of thiophene rings is 1. The second-order valence-corrected chi connectivity index (χ2v) is 10.5. The van der Waals surface area contributed by atoms with Crippen molar-refractivity contribution in [3.05, 3.63) is 50.4 Å². The summed E-state index contributed by atoms with van der Waals surface area (Å²) >= 11 is 1.53. The van der Waals surface area contributed by atoms with Crippen LogP contribution in [0.1, 0.15) is 52.8 Å². The Kier molecular flexibility index (Phi) is 6.46. The van der Waals surface area contributed by atoms with Crippen LogP contribution < -0.4 is 15.2 Å². The number of amides is 1. The average molecular weight is 495 g/mol. The van der Waals surface area contributed by atoms with Crippen LogP contribution in [0.5, 0.6) is 5.75 Å². The summed E-state index contributed by atoms with van der Waals surface area (Å²) in [7, 11) is 0. The molecular weight excluding hydrogens is 464 g/mol. The highest BCUT2D eigenvalue weighted by molar-refractivity contribution is 7.18. The third-order valence-electron chi connectivity index (χ3n) is 6.90. The van der Waals surface area contributed by atoms with Crippen molar-refractivity contribution in [1.29, 1.82) is 0 Å². The van der Waals surface area contributed by atoms with Gasteiger partial charge in [0.05, 0.1) is 24.2 Å². The summed E-state index contributed by atoms with van der Waals surface area (Å²) in [6.45, 7) is 8.88. The van der Waals surface area contributed by atoms with Gasteiger partial charge in [-0.1, -0.05) is 6.92 Å². The molecule has 184 valence electrons. The molecule has 2 aliphatic rings. The Bertz CT molecular complexity index is 1370. The molecule has 0 atom stereocenters. The van der Waals surface area contributed by atoms with Gasteiger partial charge in [-0.3, -0.25) is 23.9 Å². The number of nitrogens with zero attached hydrogens (tertiary/aromatic N) is 4. The lowest BCUT2D eigenvalue weighted by atomic mass is 10.1. The van der Waals surface area contributed by atoms with Gasteiger partial charge in [0, 0.05) is 17.0 Å². The van der Waals surface area contributed by atoms with E-state index in [0.717, 1.165) is 47.6 Å². The minimum Gasteiger partial charge on any atom is -0.482 e. The first-order chi connectivity index (χ1) is 16.9. The number of carbonyl (C=O) groups excluding carboxylic acids is 2. The maximum absolute atomic E-state index is 13.6. The molecule has 35 heavy (non-hydrogen) atoms. The van der Waals surface area contributed by atoms with Gasteiger partial charge < -0.3 is 9.64 Å². The molecule has 0 N–H and O–H groups in total. The van der Waals surface area contributed by atoms with Crippen LogP contribution in [0.4, 0.5) is 5.69 Å². The normalized spacial score (nSPS) is 16.1. The fourth-order valence-corrected chi connectivity index (χ4v) is 5.91. The number of ether oxygens (including phenoxy) is 1. The number of hydrogen-bond acceptors (Lipinski definition) is 7. The van der Waals surface area contributed by atoms with Crippen molar-refractivity contribution in [2.24, 2.45) is 0 Å². The number of aryl methyl sites for hydroxylation is 2. The molecule has 0 unspecified atom stereocenters. The van der Waals surface area contributed by atoms with E-state index in [1.807, 2.05) is 20.8 Å². The number of Topliss-reactive ketones (excluding diaryl/α,β-unsaturated/α-hetero) is 1. The van der Waals surface area contributed by atoms with Crippen molar-refractivity contribution in [3.8, 4) is 5.75 Å². The summed E-state index contributed by atoms with van der Waals surface area (Å²) in [5.41, 5.74) is 1.82. The Morgan fingerprint density at radius 2 is 1.94 bits per heavy atom. The van der Waals surface area contributed by atoms with Crippen LogP contribution in [0.25, 0.3) is 10.2 Å². The highest BCUT2D eigenvalue weighted by atomic mass is 32.1. The molecule has 0 radical (unpaired) electrons. The van der Waals surface area contributed by atoms with Gasteiger partial charge in [0.1, 0.15) is 16.4 Å². The van der Waals surface area contributed by atoms with Crippen LogP contribution in [0.2, 0.25) is 0 Å². The van der Waals surface area contributed by atoms with E-state index in [9.17, 15) is 14.4 Å². The summed E-state index contributed by atoms with van der Waals surface area (Å²) < 4.78 is 7.12. The molecule has 1 aromatic carbocycles. The lowest BCUT2D eigenvalue weighted by Crippen LogP contribution is -2.39. The summed E-state index contributed by atoms with van der Waals surface area (Å²) in [4.78, 5) is 50.1. The molecule has 0 bridgehead atoms. The van der Waals surface area contributed by atoms with Gasteiger partial charge in [-0.15, -0.1) is 11.3 Å². The zero-order chi connectivity index (χ0) is 24.7. The number of rotatable bonds is 7. The van der Waals surface area contributed by atoms with Crippen LogP contribution in [0, 0.1) is 13.8 Å². The lowest BCUT2D eigenvalue weighted by Gasteiger charge is -2.29. The Labute approximate surface area is 208 Å². The summed E-state index contributed by atoms with van der Waals surface area (Å²) in [6.07, 6.45) is 3.06. The van der Waals surface area contributed by atoms with E-state index >= 15 is 0 Å². The Hall–Kier alpha value is -3.04. The third-order valence-corrected chi connectivity index (χ3v) is 8.01. The fourth-order valence-electron chi connectivity index (χ4n) is 4.87. The molecule has 1 saturated heterocycles. The Balaban J connectivity index is 1.53. The highest BCUT2D eigenvalue weighted by Crippen LogP contribution is 2.33. The molecule has 2 aromatic heterocycles. The first kappa shape index (κ1) is 23.7. The summed E-state index contributed by atoms with van der Waals surface area (Å²) in [5.74, 6) is 0.904. The number of aromatic nitrogens is 2. The van der Waals surface area contributed by atoms with Crippen LogP contribution in [0.3, 0.4) is 0 Å². The van der Waals surface area contributed by atoms with Gasteiger partial charge >= 0.3 is 0 Å². The van der Waals surface area contributed by atoms with Crippen LogP contribution >= 0.6 is 11.3 Å². The van der Waals surface area contributed by atoms with Crippen LogP contribution in [0.15, 0.2) is 23.0 Å². The predicted molar refractivity (Wildman–Crippen MR) is 137 cm³/mol. The fraction of sp³-hybridized carbons (Fsp3) is 0.462.